The fourth-order valence-corrected chi connectivity index (χ4v) is 4.00. The van der Waals surface area contributed by atoms with E-state index in [-0.39, 0.29) is 5.56 Å². The van der Waals surface area contributed by atoms with Gasteiger partial charge in [0.2, 0.25) is 0 Å². The number of carbonyl (C=O) groups is 2. The summed E-state index contributed by atoms with van der Waals surface area (Å²) in [6, 6.07) is 10.8. The molecule has 0 saturated heterocycles. The van der Waals surface area contributed by atoms with Crippen molar-refractivity contribution in [2.24, 2.45) is 0 Å². The SMILES string of the molecule is Cc1ccc(C=C2CCn3c2nc2cc(NC(=O)C(Cl)=C(Cl)C(=O)O)ccc2c3=O)c(C)c1. The van der Waals surface area contributed by atoms with Gasteiger partial charge in [-0.25, -0.2) is 9.78 Å². The average molecular weight is 484 g/mol. The van der Waals surface area contributed by atoms with Crippen molar-refractivity contribution in [2.75, 3.05) is 5.32 Å². The van der Waals surface area contributed by atoms with Gasteiger partial charge in [-0.05, 0) is 61.2 Å². The Morgan fingerprint density at radius 2 is 1.88 bits per heavy atom. The van der Waals surface area contributed by atoms with Crippen molar-refractivity contribution in [3.63, 3.8) is 0 Å². The van der Waals surface area contributed by atoms with Gasteiger partial charge in [0.05, 0.1) is 10.9 Å². The molecule has 2 N–H and O–H groups in total. The van der Waals surface area contributed by atoms with E-state index >= 15 is 0 Å². The number of aromatic nitrogens is 2. The Morgan fingerprint density at radius 1 is 1.12 bits per heavy atom. The molecule has 0 aliphatic carbocycles. The molecule has 0 bridgehead atoms. The van der Waals surface area contributed by atoms with E-state index in [1.54, 1.807) is 16.7 Å². The molecule has 9 heteroatoms. The first-order valence-electron chi connectivity index (χ1n) is 10.1. The fourth-order valence-electron chi connectivity index (χ4n) is 3.79. The molecule has 0 saturated carbocycles. The molecule has 1 amide bonds. The van der Waals surface area contributed by atoms with E-state index in [2.05, 4.69) is 17.5 Å². The van der Waals surface area contributed by atoms with Gasteiger partial charge < -0.3 is 10.4 Å². The zero-order valence-corrected chi connectivity index (χ0v) is 19.3. The number of rotatable bonds is 4. The number of hydrogen-bond donors (Lipinski definition) is 2. The third kappa shape index (κ3) is 4.42. The number of anilines is 1. The molecule has 2 aromatic carbocycles. The van der Waals surface area contributed by atoms with E-state index in [0.29, 0.717) is 35.4 Å². The monoisotopic (exact) mass is 483 g/mol. The fraction of sp³-hybridized carbons (Fsp3) is 0.167. The highest BCUT2D eigenvalue weighted by Gasteiger charge is 2.22. The van der Waals surface area contributed by atoms with Crippen LogP contribution in [-0.4, -0.2) is 26.5 Å². The zero-order chi connectivity index (χ0) is 23.9. The van der Waals surface area contributed by atoms with Gasteiger partial charge in [-0.15, -0.1) is 0 Å². The van der Waals surface area contributed by atoms with Crippen LogP contribution in [0.1, 0.15) is 28.9 Å². The highest BCUT2D eigenvalue weighted by atomic mass is 35.5. The second-order valence-corrected chi connectivity index (χ2v) is 8.55. The van der Waals surface area contributed by atoms with Crippen molar-refractivity contribution < 1.29 is 14.7 Å². The highest BCUT2D eigenvalue weighted by Crippen LogP contribution is 2.29. The largest absolute Gasteiger partial charge is 0.477 e. The molecule has 168 valence electrons. The number of fused-ring (bicyclic) bond motifs is 2. The van der Waals surface area contributed by atoms with E-state index in [4.69, 9.17) is 33.3 Å². The Bertz CT molecular complexity index is 1450. The minimum atomic E-state index is -1.51. The Hall–Kier alpha value is -3.42. The zero-order valence-electron chi connectivity index (χ0n) is 17.8. The van der Waals surface area contributed by atoms with Crippen LogP contribution in [0.2, 0.25) is 0 Å². The van der Waals surface area contributed by atoms with Gasteiger partial charge in [0.25, 0.3) is 11.5 Å². The molecule has 33 heavy (non-hydrogen) atoms. The summed E-state index contributed by atoms with van der Waals surface area (Å²) in [5.74, 6) is -1.80. The number of nitrogens with zero attached hydrogens (tertiary/aromatic N) is 2. The molecule has 2 heterocycles. The van der Waals surface area contributed by atoms with Gasteiger partial charge in [0.15, 0.2) is 0 Å². The van der Waals surface area contributed by atoms with E-state index in [1.165, 1.54) is 11.6 Å². The molecule has 0 atom stereocenters. The Labute approximate surface area is 199 Å². The summed E-state index contributed by atoms with van der Waals surface area (Å²) in [6.45, 7) is 4.62. The van der Waals surface area contributed by atoms with Crippen LogP contribution in [0.15, 0.2) is 51.3 Å². The number of benzene rings is 2. The number of amides is 1. The van der Waals surface area contributed by atoms with Crippen LogP contribution in [0.3, 0.4) is 0 Å². The lowest BCUT2D eigenvalue weighted by Gasteiger charge is -2.09. The van der Waals surface area contributed by atoms with Gasteiger partial charge in [-0.1, -0.05) is 47.0 Å². The van der Waals surface area contributed by atoms with E-state index < -0.39 is 21.9 Å². The van der Waals surface area contributed by atoms with Gasteiger partial charge in [0, 0.05) is 12.2 Å². The Morgan fingerprint density at radius 3 is 2.58 bits per heavy atom. The number of aliphatic carboxylic acids is 1. The molecule has 7 nitrogen and oxygen atoms in total. The van der Waals surface area contributed by atoms with Crippen LogP contribution < -0.4 is 10.9 Å². The van der Waals surface area contributed by atoms with Gasteiger partial charge in [0.1, 0.15) is 15.9 Å². The summed E-state index contributed by atoms with van der Waals surface area (Å²) in [6.07, 6.45) is 2.74. The van der Waals surface area contributed by atoms with Crippen LogP contribution in [0, 0.1) is 13.8 Å². The van der Waals surface area contributed by atoms with Crippen LogP contribution in [0.25, 0.3) is 22.6 Å². The van der Waals surface area contributed by atoms with Crippen molar-refractivity contribution in [2.45, 2.75) is 26.8 Å². The predicted molar refractivity (Wildman–Crippen MR) is 129 cm³/mol. The lowest BCUT2D eigenvalue weighted by Crippen LogP contribution is -2.21. The first-order valence-corrected chi connectivity index (χ1v) is 10.8. The molecule has 0 fully saturated rings. The first-order chi connectivity index (χ1) is 15.7. The van der Waals surface area contributed by atoms with Crippen LogP contribution >= 0.6 is 23.2 Å². The molecular weight excluding hydrogens is 465 g/mol. The quantitative estimate of drug-likeness (QED) is 0.525. The standard InChI is InChI=1S/C24H19Cl2N3O4/c1-12-3-4-14(13(2)9-12)10-15-7-8-29-21(15)28-18-11-16(5-6-17(18)23(29)31)27-22(30)19(25)20(26)24(32)33/h3-6,9-11H,7-8H2,1-2H3,(H,27,30)(H,32,33). The summed E-state index contributed by atoms with van der Waals surface area (Å²) in [4.78, 5) is 40.9. The molecule has 1 aliphatic rings. The van der Waals surface area contributed by atoms with E-state index in [9.17, 15) is 14.4 Å². The second kappa shape index (κ2) is 8.84. The second-order valence-electron chi connectivity index (χ2n) is 7.79. The normalized spacial score (nSPS) is 14.8. The highest BCUT2D eigenvalue weighted by molar-refractivity contribution is 6.54. The maximum absolute atomic E-state index is 13.0. The summed E-state index contributed by atoms with van der Waals surface area (Å²) >= 11 is 11.3. The molecule has 0 radical (unpaired) electrons. The predicted octanol–water partition coefficient (Wildman–Crippen LogP) is 4.67. The smallest absolute Gasteiger partial charge is 0.349 e. The van der Waals surface area contributed by atoms with Crippen molar-refractivity contribution in [3.8, 4) is 0 Å². The van der Waals surface area contributed by atoms with Gasteiger partial charge in [-0.3, -0.25) is 14.2 Å². The van der Waals surface area contributed by atoms with Crippen LogP contribution in [0.4, 0.5) is 5.69 Å². The van der Waals surface area contributed by atoms with Gasteiger partial charge >= 0.3 is 5.97 Å². The molecule has 1 aromatic heterocycles. The number of halogens is 2. The van der Waals surface area contributed by atoms with E-state index in [0.717, 1.165) is 16.7 Å². The topological polar surface area (TPSA) is 101 Å². The maximum atomic E-state index is 13.0. The number of nitrogens with one attached hydrogen (secondary N) is 1. The Balaban J connectivity index is 1.74. The number of allylic oxidation sites excluding steroid dienone is 1. The molecule has 4 rings (SSSR count). The summed E-state index contributed by atoms with van der Waals surface area (Å²) in [7, 11) is 0. The molecule has 3 aromatic rings. The molecular formula is C24H19Cl2N3O4. The van der Waals surface area contributed by atoms with Crippen LogP contribution in [-0.2, 0) is 16.1 Å². The minimum Gasteiger partial charge on any atom is -0.477 e. The molecule has 0 unspecified atom stereocenters. The van der Waals surface area contributed by atoms with Crippen LogP contribution in [0.5, 0.6) is 0 Å². The summed E-state index contributed by atoms with van der Waals surface area (Å²) < 4.78 is 1.65. The average Bonchev–Trinajstić information content (AvgIpc) is 3.17. The van der Waals surface area contributed by atoms with Crippen molar-refractivity contribution in [3.05, 3.63) is 79.3 Å². The first kappa shape index (κ1) is 22.8. The Kier molecular flexibility index (Phi) is 6.10. The number of carboxylic acids is 1. The third-order valence-corrected chi connectivity index (χ3v) is 6.25. The maximum Gasteiger partial charge on any atom is 0.349 e. The third-order valence-electron chi connectivity index (χ3n) is 5.44. The van der Waals surface area contributed by atoms with Gasteiger partial charge in [-0.2, -0.15) is 0 Å². The molecule has 0 spiro atoms. The minimum absolute atomic E-state index is 0.163. The van der Waals surface area contributed by atoms with Crippen molar-refractivity contribution >= 4 is 63.3 Å². The summed E-state index contributed by atoms with van der Waals surface area (Å²) in [5.41, 5.74) is 4.88. The van der Waals surface area contributed by atoms with Crippen molar-refractivity contribution in [1.82, 2.24) is 9.55 Å². The van der Waals surface area contributed by atoms with Crippen molar-refractivity contribution in [1.29, 1.82) is 0 Å². The number of carboxylic acid groups (broad SMARTS) is 1. The number of carbonyl (C=O) groups excluding carboxylic acids is 1. The summed E-state index contributed by atoms with van der Waals surface area (Å²) in [5, 5.41) is 10.3. The number of aryl methyl sites for hydroxylation is 2. The van der Waals surface area contributed by atoms with E-state index in [1.807, 2.05) is 26.0 Å². The molecule has 1 aliphatic heterocycles. The lowest BCUT2D eigenvalue weighted by molar-refractivity contribution is -0.132. The lowest BCUT2D eigenvalue weighted by atomic mass is 10.0. The number of hydrogen-bond acceptors (Lipinski definition) is 4.